The van der Waals surface area contributed by atoms with E-state index in [0.717, 1.165) is 12.3 Å². The van der Waals surface area contributed by atoms with Gasteiger partial charge in [0.05, 0.1) is 0 Å². The van der Waals surface area contributed by atoms with Gasteiger partial charge in [0, 0.05) is 6.04 Å². The van der Waals surface area contributed by atoms with Gasteiger partial charge >= 0.3 is 0 Å². The first-order chi connectivity index (χ1) is 8.88. The maximum Gasteiger partial charge on any atom is 0.0466 e. The fourth-order valence-electron chi connectivity index (χ4n) is 2.69. The van der Waals surface area contributed by atoms with Gasteiger partial charge in [-0.25, -0.2) is 0 Å². The molecule has 0 saturated heterocycles. The van der Waals surface area contributed by atoms with E-state index < -0.39 is 0 Å². The molecule has 0 aromatic heterocycles. The Bertz CT molecular complexity index is 526. The van der Waals surface area contributed by atoms with Crippen molar-refractivity contribution in [1.82, 2.24) is 5.43 Å². The van der Waals surface area contributed by atoms with Gasteiger partial charge in [0.2, 0.25) is 0 Å². The van der Waals surface area contributed by atoms with E-state index >= 15 is 0 Å². The molecule has 1 aliphatic carbocycles. The number of rotatable bonds is 5. The topological polar surface area (TPSA) is 38.0 Å². The van der Waals surface area contributed by atoms with Crippen molar-refractivity contribution in [3.05, 3.63) is 48.0 Å². The second-order valence-corrected chi connectivity index (χ2v) is 5.31. The lowest BCUT2D eigenvalue weighted by Crippen LogP contribution is -2.28. The molecule has 0 aliphatic heterocycles. The van der Waals surface area contributed by atoms with Crippen molar-refractivity contribution in [2.75, 3.05) is 0 Å². The molecule has 2 nitrogen and oxygen atoms in total. The van der Waals surface area contributed by atoms with Crippen LogP contribution in [0.25, 0.3) is 10.8 Å². The van der Waals surface area contributed by atoms with Gasteiger partial charge in [-0.2, -0.15) is 0 Å². The first-order valence-electron chi connectivity index (χ1n) is 6.82. The first kappa shape index (κ1) is 11.7. The minimum atomic E-state index is 0.275. The number of fused-ring (bicyclic) bond motifs is 1. The Kier molecular flexibility index (Phi) is 3.31. The van der Waals surface area contributed by atoms with E-state index in [0.29, 0.717) is 0 Å². The summed E-state index contributed by atoms with van der Waals surface area (Å²) in [6.45, 7) is 0. The van der Waals surface area contributed by atoms with Crippen molar-refractivity contribution in [2.45, 2.75) is 31.7 Å². The van der Waals surface area contributed by atoms with Gasteiger partial charge in [0.25, 0.3) is 0 Å². The summed E-state index contributed by atoms with van der Waals surface area (Å²) in [5.74, 6) is 6.71. The summed E-state index contributed by atoms with van der Waals surface area (Å²) in [5, 5.41) is 2.61. The molecule has 2 aromatic rings. The van der Waals surface area contributed by atoms with Crippen LogP contribution in [0.2, 0.25) is 0 Å². The van der Waals surface area contributed by atoms with Crippen LogP contribution in [-0.4, -0.2) is 0 Å². The lowest BCUT2D eigenvalue weighted by Gasteiger charge is -2.18. The van der Waals surface area contributed by atoms with Gasteiger partial charge in [0.15, 0.2) is 0 Å². The van der Waals surface area contributed by atoms with Crippen LogP contribution in [0.4, 0.5) is 0 Å². The molecule has 2 heteroatoms. The highest BCUT2D eigenvalue weighted by Crippen LogP contribution is 2.36. The van der Waals surface area contributed by atoms with Gasteiger partial charge in [-0.15, -0.1) is 0 Å². The van der Waals surface area contributed by atoms with E-state index in [1.165, 1.54) is 35.6 Å². The molecule has 1 saturated carbocycles. The predicted molar refractivity (Wildman–Crippen MR) is 76.0 cm³/mol. The van der Waals surface area contributed by atoms with Gasteiger partial charge in [-0.3, -0.25) is 11.3 Å². The molecule has 3 N–H and O–H groups in total. The average Bonchev–Trinajstić information content (AvgIpc) is 3.24. The zero-order chi connectivity index (χ0) is 12.4. The van der Waals surface area contributed by atoms with Crippen LogP contribution in [0, 0.1) is 5.92 Å². The number of nitrogens with two attached hydrogens (primary N) is 1. The Morgan fingerprint density at radius 2 is 1.89 bits per heavy atom. The second-order valence-electron chi connectivity index (χ2n) is 5.31. The quantitative estimate of drug-likeness (QED) is 0.619. The third kappa shape index (κ3) is 2.40. The van der Waals surface area contributed by atoms with E-state index in [-0.39, 0.29) is 6.04 Å². The summed E-state index contributed by atoms with van der Waals surface area (Å²) in [6, 6.07) is 15.3. The summed E-state index contributed by atoms with van der Waals surface area (Å²) in [4.78, 5) is 0. The van der Waals surface area contributed by atoms with Gasteiger partial charge in [-0.05, 0) is 35.1 Å². The van der Waals surface area contributed by atoms with Crippen LogP contribution in [0.3, 0.4) is 0 Å². The van der Waals surface area contributed by atoms with Crippen molar-refractivity contribution in [2.24, 2.45) is 11.8 Å². The molecular weight excluding hydrogens is 220 g/mol. The molecule has 3 rings (SSSR count). The van der Waals surface area contributed by atoms with E-state index in [1.807, 2.05) is 0 Å². The van der Waals surface area contributed by atoms with Crippen LogP contribution >= 0.6 is 0 Å². The van der Waals surface area contributed by atoms with Crippen molar-refractivity contribution in [1.29, 1.82) is 0 Å². The fourth-order valence-corrected chi connectivity index (χ4v) is 2.69. The van der Waals surface area contributed by atoms with Crippen LogP contribution < -0.4 is 11.3 Å². The molecule has 94 valence electrons. The van der Waals surface area contributed by atoms with Crippen LogP contribution in [-0.2, 0) is 0 Å². The Morgan fingerprint density at radius 3 is 2.67 bits per heavy atom. The molecule has 2 aromatic carbocycles. The Labute approximate surface area is 108 Å². The first-order valence-corrected chi connectivity index (χ1v) is 6.82. The number of hydrazine groups is 1. The van der Waals surface area contributed by atoms with Gasteiger partial charge in [0.1, 0.15) is 0 Å². The van der Waals surface area contributed by atoms with Crippen molar-refractivity contribution in [3.8, 4) is 0 Å². The second kappa shape index (κ2) is 5.09. The minimum Gasteiger partial charge on any atom is -0.271 e. The summed E-state index contributed by atoms with van der Waals surface area (Å²) in [6.07, 6.45) is 5.24. The number of hydrogen-bond donors (Lipinski definition) is 2. The summed E-state index contributed by atoms with van der Waals surface area (Å²) in [7, 11) is 0. The van der Waals surface area contributed by atoms with Crippen LogP contribution in [0.5, 0.6) is 0 Å². The lowest BCUT2D eigenvalue weighted by atomic mass is 9.95. The highest BCUT2D eigenvalue weighted by Gasteiger charge is 2.23. The van der Waals surface area contributed by atoms with Crippen molar-refractivity contribution < 1.29 is 0 Å². The maximum absolute atomic E-state index is 5.75. The van der Waals surface area contributed by atoms with E-state index in [2.05, 4.69) is 47.9 Å². The SMILES string of the molecule is NNC(CCC1CC1)c1cccc2ccccc12. The van der Waals surface area contributed by atoms with Gasteiger partial charge in [-0.1, -0.05) is 55.3 Å². The average molecular weight is 240 g/mol. The van der Waals surface area contributed by atoms with Crippen LogP contribution in [0.1, 0.15) is 37.3 Å². The number of hydrogen-bond acceptors (Lipinski definition) is 2. The molecular formula is C16H20N2. The zero-order valence-electron chi connectivity index (χ0n) is 10.6. The minimum absolute atomic E-state index is 0.275. The standard InChI is InChI=1S/C16H20N2/c17-18-16(11-10-12-8-9-12)15-7-3-5-13-4-1-2-6-14(13)15/h1-7,12,16,18H,8-11,17H2. The summed E-state index contributed by atoms with van der Waals surface area (Å²) >= 11 is 0. The van der Waals surface area contributed by atoms with Crippen molar-refractivity contribution >= 4 is 10.8 Å². The third-order valence-corrected chi connectivity index (χ3v) is 3.96. The molecule has 0 bridgehead atoms. The zero-order valence-corrected chi connectivity index (χ0v) is 10.6. The largest absolute Gasteiger partial charge is 0.271 e. The molecule has 18 heavy (non-hydrogen) atoms. The molecule has 0 spiro atoms. The molecule has 1 fully saturated rings. The van der Waals surface area contributed by atoms with Crippen LogP contribution in [0.15, 0.2) is 42.5 Å². The predicted octanol–water partition coefficient (Wildman–Crippen LogP) is 3.53. The monoisotopic (exact) mass is 240 g/mol. The molecule has 0 amide bonds. The third-order valence-electron chi connectivity index (χ3n) is 3.96. The highest BCUT2D eigenvalue weighted by molar-refractivity contribution is 5.86. The highest BCUT2D eigenvalue weighted by atomic mass is 15.2. The van der Waals surface area contributed by atoms with Crippen molar-refractivity contribution in [3.63, 3.8) is 0 Å². The normalized spacial score (nSPS) is 16.9. The fraction of sp³-hybridized carbons (Fsp3) is 0.375. The number of nitrogens with one attached hydrogen (secondary N) is 1. The van der Waals surface area contributed by atoms with E-state index in [9.17, 15) is 0 Å². The molecule has 0 heterocycles. The molecule has 1 unspecified atom stereocenters. The smallest absolute Gasteiger partial charge is 0.0466 e. The Morgan fingerprint density at radius 1 is 1.11 bits per heavy atom. The molecule has 0 radical (unpaired) electrons. The lowest BCUT2D eigenvalue weighted by molar-refractivity contribution is 0.484. The summed E-state index contributed by atoms with van der Waals surface area (Å²) < 4.78 is 0. The Hall–Kier alpha value is -1.38. The number of benzene rings is 2. The molecule has 1 atom stereocenters. The van der Waals surface area contributed by atoms with Gasteiger partial charge < -0.3 is 0 Å². The van der Waals surface area contributed by atoms with E-state index in [1.54, 1.807) is 0 Å². The summed E-state index contributed by atoms with van der Waals surface area (Å²) in [5.41, 5.74) is 4.32. The van der Waals surface area contributed by atoms with E-state index in [4.69, 9.17) is 5.84 Å². The maximum atomic E-state index is 5.75. The Balaban J connectivity index is 1.89. The molecule has 1 aliphatic rings.